The lowest BCUT2D eigenvalue weighted by Gasteiger charge is -2.24. The van der Waals surface area contributed by atoms with E-state index in [1.54, 1.807) is 17.6 Å². The number of methoxy groups -OCH3 is 1. The Morgan fingerprint density at radius 2 is 1.73 bits per heavy atom. The van der Waals surface area contributed by atoms with E-state index in [-0.39, 0.29) is 0 Å². The molecule has 0 saturated heterocycles. The maximum Gasteiger partial charge on any atom is 0.118 e. The largest absolute Gasteiger partial charge is 0.497 e. The van der Waals surface area contributed by atoms with Gasteiger partial charge in [-0.1, -0.05) is 35.9 Å². The lowest BCUT2D eigenvalue weighted by molar-refractivity contribution is -0.909. The molecule has 2 aromatic carbocycles. The zero-order valence-electron chi connectivity index (χ0n) is 13.2. The quantitative estimate of drug-likeness (QED) is 0.837. The van der Waals surface area contributed by atoms with Gasteiger partial charge in [0.15, 0.2) is 0 Å². The zero-order chi connectivity index (χ0) is 15.2. The van der Waals surface area contributed by atoms with E-state index in [2.05, 4.69) is 60.7 Å². The van der Waals surface area contributed by atoms with E-state index in [1.807, 2.05) is 0 Å². The van der Waals surface area contributed by atoms with Crippen LogP contribution in [0.4, 0.5) is 0 Å². The molecule has 1 atom stereocenters. The molecule has 0 radical (unpaired) electrons. The number of ether oxygens (including phenoxy) is 1. The molecule has 0 aromatic heterocycles. The molecule has 0 bridgehead atoms. The van der Waals surface area contributed by atoms with Crippen LogP contribution in [-0.4, -0.2) is 20.2 Å². The van der Waals surface area contributed by atoms with Gasteiger partial charge in [-0.3, -0.25) is 0 Å². The Labute approximate surface area is 133 Å². The fraction of sp³-hybridized carbons (Fsp3) is 0.300. The summed E-state index contributed by atoms with van der Waals surface area (Å²) in [5.41, 5.74) is 4.40. The maximum absolute atomic E-state index is 5.21. The third kappa shape index (κ3) is 3.99. The van der Waals surface area contributed by atoms with E-state index in [0.29, 0.717) is 0 Å². The van der Waals surface area contributed by atoms with Crippen molar-refractivity contribution >= 4 is 0 Å². The van der Waals surface area contributed by atoms with Gasteiger partial charge >= 0.3 is 0 Å². The van der Waals surface area contributed by atoms with Crippen molar-refractivity contribution in [1.29, 1.82) is 0 Å². The van der Waals surface area contributed by atoms with Crippen molar-refractivity contribution < 1.29 is 9.64 Å². The highest BCUT2D eigenvalue weighted by atomic mass is 16.5. The van der Waals surface area contributed by atoms with Crippen LogP contribution < -0.4 is 9.64 Å². The molecule has 1 heterocycles. The van der Waals surface area contributed by atoms with Gasteiger partial charge in [0, 0.05) is 12.0 Å². The highest BCUT2D eigenvalue weighted by molar-refractivity contribution is 5.26. The molecular weight excluding hydrogens is 270 g/mol. The Morgan fingerprint density at radius 1 is 0.955 bits per heavy atom. The molecule has 1 unspecified atom stereocenters. The first kappa shape index (κ1) is 14.9. The number of benzene rings is 2. The van der Waals surface area contributed by atoms with Gasteiger partial charge in [0.2, 0.25) is 0 Å². The molecule has 1 aliphatic rings. The molecule has 0 aliphatic carbocycles. The van der Waals surface area contributed by atoms with E-state index in [9.17, 15) is 0 Å². The summed E-state index contributed by atoms with van der Waals surface area (Å²) in [7, 11) is 1.71. The number of hydrogen-bond acceptors (Lipinski definition) is 1. The molecular formula is C20H24NO+. The Hall–Kier alpha value is -2.06. The third-order valence-electron chi connectivity index (χ3n) is 4.37. The highest BCUT2D eigenvalue weighted by Crippen LogP contribution is 2.13. The number of nitrogens with one attached hydrogen (secondary N) is 1. The summed E-state index contributed by atoms with van der Waals surface area (Å²) in [4.78, 5) is 1.64. The molecule has 0 amide bonds. The predicted octanol–water partition coefficient (Wildman–Crippen LogP) is 2.65. The van der Waals surface area contributed by atoms with Crippen LogP contribution in [0.15, 0.2) is 66.2 Å². The smallest absolute Gasteiger partial charge is 0.118 e. The van der Waals surface area contributed by atoms with Gasteiger partial charge in [0.25, 0.3) is 0 Å². The van der Waals surface area contributed by atoms with Gasteiger partial charge < -0.3 is 9.64 Å². The first-order chi connectivity index (χ1) is 10.8. The van der Waals surface area contributed by atoms with Gasteiger partial charge in [0.05, 0.1) is 20.2 Å². The average Bonchev–Trinajstić information content (AvgIpc) is 2.58. The summed E-state index contributed by atoms with van der Waals surface area (Å²) in [5, 5.41) is 0. The minimum absolute atomic E-state index is 0.933. The van der Waals surface area contributed by atoms with Crippen molar-refractivity contribution in [2.75, 3.05) is 20.2 Å². The Balaban J connectivity index is 1.54. The van der Waals surface area contributed by atoms with Crippen LogP contribution in [0.25, 0.3) is 0 Å². The lowest BCUT2D eigenvalue weighted by Crippen LogP contribution is -3.11. The lowest BCUT2D eigenvalue weighted by atomic mass is 9.99. The van der Waals surface area contributed by atoms with Crippen LogP contribution in [0.2, 0.25) is 0 Å². The summed E-state index contributed by atoms with van der Waals surface area (Å²) in [6.45, 7) is 3.46. The second-order valence-electron chi connectivity index (χ2n) is 6.00. The van der Waals surface area contributed by atoms with E-state index in [0.717, 1.165) is 25.3 Å². The Kier molecular flexibility index (Phi) is 4.92. The summed E-state index contributed by atoms with van der Waals surface area (Å²) < 4.78 is 5.21. The van der Waals surface area contributed by atoms with E-state index in [1.165, 1.54) is 24.1 Å². The molecule has 1 N–H and O–H groups in total. The third-order valence-corrected chi connectivity index (χ3v) is 4.37. The minimum Gasteiger partial charge on any atom is -0.497 e. The molecule has 0 fully saturated rings. The second-order valence-corrected chi connectivity index (χ2v) is 6.00. The molecule has 2 nitrogen and oxygen atoms in total. The summed E-state index contributed by atoms with van der Waals surface area (Å²) in [6, 6.07) is 19.2. The fourth-order valence-corrected chi connectivity index (χ4v) is 3.04. The number of quaternary nitrogens is 1. The molecule has 1 aliphatic heterocycles. The second kappa shape index (κ2) is 7.28. The van der Waals surface area contributed by atoms with Gasteiger partial charge in [-0.05, 0) is 42.3 Å². The van der Waals surface area contributed by atoms with Crippen molar-refractivity contribution in [3.8, 4) is 5.75 Å². The fourth-order valence-electron chi connectivity index (χ4n) is 3.04. The highest BCUT2D eigenvalue weighted by Gasteiger charge is 2.15. The van der Waals surface area contributed by atoms with E-state index in [4.69, 9.17) is 4.74 Å². The Bertz CT molecular complexity index is 616. The molecule has 0 spiro atoms. The normalized spacial score (nSPS) is 17.9. The van der Waals surface area contributed by atoms with Crippen molar-refractivity contribution in [2.45, 2.75) is 19.4 Å². The van der Waals surface area contributed by atoms with Crippen LogP contribution in [0.1, 0.15) is 17.5 Å². The summed E-state index contributed by atoms with van der Waals surface area (Å²) in [6.07, 6.45) is 4.76. The van der Waals surface area contributed by atoms with Gasteiger partial charge in [-0.25, -0.2) is 0 Å². The van der Waals surface area contributed by atoms with Gasteiger partial charge in [-0.2, -0.15) is 0 Å². The molecule has 114 valence electrons. The molecule has 2 heteroatoms. The van der Waals surface area contributed by atoms with Crippen LogP contribution in [0.5, 0.6) is 5.75 Å². The van der Waals surface area contributed by atoms with Crippen molar-refractivity contribution in [2.24, 2.45) is 0 Å². The van der Waals surface area contributed by atoms with E-state index >= 15 is 0 Å². The van der Waals surface area contributed by atoms with Crippen LogP contribution >= 0.6 is 0 Å². The first-order valence-corrected chi connectivity index (χ1v) is 8.02. The van der Waals surface area contributed by atoms with Gasteiger partial charge in [0.1, 0.15) is 12.3 Å². The van der Waals surface area contributed by atoms with Crippen molar-refractivity contribution in [3.63, 3.8) is 0 Å². The van der Waals surface area contributed by atoms with Crippen LogP contribution in [0, 0.1) is 0 Å². The van der Waals surface area contributed by atoms with Gasteiger partial charge in [-0.15, -0.1) is 0 Å². The molecule has 2 aromatic rings. The summed E-state index contributed by atoms with van der Waals surface area (Å²) >= 11 is 0. The average molecular weight is 294 g/mol. The minimum atomic E-state index is 0.933. The summed E-state index contributed by atoms with van der Waals surface area (Å²) in [5.74, 6) is 0.933. The predicted molar refractivity (Wildman–Crippen MR) is 90.2 cm³/mol. The zero-order valence-corrected chi connectivity index (χ0v) is 13.2. The Morgan fingerprint density at radius 3 is 2.36 bits per heavy atom. The molecule has 0 saturated carbocycles. The monoisotopic (exact) mass is 294 g/mol. The number of hydrogen-bond donors (Lipinski definition) is 1. The van der Waals surface area contributed by atoms with Crippen LogP contribution in [0.3, 0.4) is 0 Å². The maximum atomic E-state index is 5.21. The molecule has 3 rings (SSSR count). The van der Waals surface area contributed by atoms with Crippen molar-refractivity contribution in [1.82, 2.24) is 0 Å². The van der Waals surface area contributed by atoms with Crippen LogP contribution in [-0.2, 0) is 13.0 Å². The standard InChI is InChI=1S/C20H23NO/c1-22-20-9-7-19(8-10-20)16-21-13-11-18(12-14-21)15-17-5-3-2-4-6-17/h2-11H,12-16H2,1H3/p+1. The van der Waals surface area contributed by atoms with E-state index < -0.39 is 0 Å². The molecule has 22 heavy (non-hydrogen) atoms. The van der Waals surface area contributed by atoms with Crippen molar-refractivity contribution in [3.05, 3.63) is 77.4 Å². The SMILES string of the molecule is COc1ccc(C[NH+]2CC=C(Cc3ccccc3)CC2)cc1. The first-order valence-electron chi connectivity index (χ1n) is 8.02. The number of rotatable bonds is 5. The topological polar surface area (TPSA) is 13.7 Å².